The van der Waals surface area contributed by atoms with Gasteiger partial charge in [-0.15, -0.1) is 11.8 Å². The Bertz CT molecular complexity index is 1730. The number of nitrogens with one attached hydrogen (secondary N) is 4. The molecule has 1 aromatic heterocycles. The molecular formula is C26H21F5N6O2S2. The van der Waals surface area contributed by atoms with Crippen LogP contribution in [0.4, 0.5) is 49.8 Å². The molecule has 0 spiro atoms. The summed E-state index contributed by atoms with van der Waals surface area (Å²) in [5.41, 5.74) is -0.819. The van der Waals surface area contributed by atoms with Crippen molar-refractivity contribution in [1.82, 2.24) is 9.97 Å². The molecule has 2 amide bonds. The number of carbonyl (C=O) groups is 1. The molecule has 4 N–H and O–H groups in total. The molecule has 1 heterocycles. The number of rotatable bonds is 7. The van der Waals surface area contributed by atoms with Gasteiger partial charge >= 0.3 is 12.2 Å². The molecule has 0 saturated carbocycles. The molecule has 0 saturated heterocycles. The van der Waals surface area contributed by atoms with E-state index in [4.69, 9.17) is 4.78 Å². The van der Waals surface area contributed by atoms with Gasteiger partial charge in [0.1, 0.15) is 16.7 Å². The maximum absolute atomic E-state index is 14.9. The van der Waals surface area contributed by atoms with Crippen LogP contribution in [0.2, 0.25) is 0 Å². The van der Waals surface area contributed by atoms with Gasteiger partial charge in [0.15, 0.2) is 0 Å². The number of alkyl halides is 3. The summed E-state index contributed by atoms with van der Waals surface area (Å²) < 4.78 is 87.4. The molecule has 0 aliphatic carbocycles. The molecule has 0 aliphatic rings. The molecule has 8 nitrogen and oxygen atoms in total. The normalized spacial score (nSPS) is 12.9. The number of hydrogen-bond acceptors (Lipinski definition) is 7. The molecule has 15 heteroatoms. The molecule has 4 rings (SSSR count). The highest BCUT2D eigenvalue weighted by Crippen LogP contribution is 2.33. The largest absolute Gasteiger partial charge is 0.416 e. The highest BCUT2D eigenvalue weighted by Gasteiger charge is 2.31. The van der Waals surface area contributed by atoms with E-state index in [9.17, 15) is 31.0 Å². The van der Waals surface area contributed by atoms with Crippen LogP contribution >= 0.6 is 11.8 Å². The molecule has 4 aromatic rings. The number of carbonyl (C=O) groups excluding carboxylic acids is 1. The number of aromatic nitrogens is 2. The summed E-state index contributed by atoms with van der Waals surface area (Å²) in [4.78, 5) is 21.3. The topological polar surface area (TPSA) is 120 Å². The molecule has 0 unspecified atom stereocenters. The number of thioether (sulfide) groups is 1. The summed E-state index contributed by atoms with van der Waals surface area (Å²) in [5.74, 6) is -1.76. The Morgan fingerprint density at radius 2 is 1.71 bits per heavy atom. The molecule has 0 radical (unpaired) electrons. The average molecular weight is 609 g/mol. The number of anilines is 4. The van der Waals surface area contributed by atoms with E-state index in [-0.39, 0.29) is 11.6 Å². The van der Waals surface area contributed by atoms with Gasteiger partial charge in [-0.25, -0.2) is 32.5 Å². The highest BCUT2D eigenvalue weighted by molar-refractivity contribution is 7.98. The van der Waals surface area contributed by atoms with Gasteiger partial charge in [-0.1, -0.05) is 12.1 Å². The molecule has 0 fully saturated rings. The SMILES string of the molecule is CSc1nc(Nc2cccc([S@@](C)(=N)=O)c2)ncc1-c1ccc(NC(=O)Nc2cc(C(F)(F)F)ccc2F)c(F)c1. The van der Waals surface area contributed by atoms with Crippen molar-refractivity contribution < 1.29 is 31.0 Å². The van der Waals surface area contributed by atoms with E-state index in [1.165, 1.54) is 36.3 Å². The molecule has 0 bridgehead atoms. The van der Waals surface area contributed by atoms with Crippen LogP contribution in [0.3, 0.4) is 0 Å². The second-order valence-electron chi connectivity index (χ2n) is 8.58. The Hall–Kier alpha value is -4.24. The van der Waals surface area contributed by atoms with Crippen LogP contribution in [0.15, 0.2) is 76.8 Å². The molecule has 41 heavy (non-hydrogen) atoms. The van der Waals surface area contributed by atoms with E-state index in [1.807, 2.05) is 5.32 Å². The molecule has 0 aliphatic heterocycles. The van der Waals surface area contributed by atoms with Gasteiger partial charge in [-0.05, 0) is 60.4 Å². The van der Waals surface area contributed by atoms with Crippen LogP contribution in [0.1, 0.15) is 5.56 Å². The standard InChI is InChI=1S/C26H21F5N6O2S2/c1-40-23-18(13-33-24(37-23)34-16-4-3-5-17(12-16)41(2,32)39)14-6-9-21(20(28)10-14)35-25(38)36-22-11-15(26(29,30)31)7-8-19(22)27/h3-13,32H,1-2H3,(H,33,34,37)(H2,35,36,38)/t41-/m0/s1. The first-order valence-electron chi connectivity index (χ1n) is 11.5. The lowest BCUT2D eigenvalue weighted by molar-refractivity contribution is -0.137. The van der Waals surface area contributed by atoms with Crippen LogP contribution < -0.4 is 16.0 Å². The first-order chi connectivity index (χ1) is 19.2. The van der Waals surface area contributed by atoms with E-state index in [1.54, 1.807) is 30.5 Å². The third-order valence-corrected chi connectivity index (χ3v) is 7.41. The van der Waals surface area contributed by atoms with Gasteiger partial charge in [0.25, 0.3) is 0 Å². The zero-order valence-corrected chi connectivity index (χ0v) is 22.9. The zero-order valence-electron chi connectivity index (χ0n) is 21.3. The maximum Gasteiger partial charge on any atom is 0.416 e. The van der Waals surface area contributed by atoms with Crippen LogP contribution in [0, 0.1) is 16.4 Å². The molecule has 214 valence electrons. The van der Waals surface area contributed by atoms with Gasteiger partial charge < -0.3 is 16.0 Å². The Balaban J connectivity index is 1.51. The van der Waals surface area contributed by atoms with Crippen molar-refractivity contribution >= 4 is 50.5 Å². The molecule has 1 atom stereocenters. The third-order valence-electron chi connectivity index (χ3n) is 5.56. The van der Waals surface area contributed by atoms with E-state index >= 15 is 0 Å². The summed E-state index contributed by atoms with van der Waals surface area (Å²) in [6.45, 7) is 0. The number of amides is 2. The Morgan fingerprint density at radius 3 is 2.37 bits per heavy atom. The number of benzene rings is 3. The van der Waals surface area contributed by atoms with Gasteiger partial charge in [0.05, 0.1) is 26.7 Å². The Labute approximate surface area is 235 Å². The predicted molar refractivity (Wildman–Crippen MR) is 148 cm³/mol. The summed E-state index contributed by atoms with van der Waals surface area (Å²) >= 11 is 1.26. The smallest absolute Gasteiger partial charge is 0.324 e. The first-order valence-corrected chi connectivity index (χ1v) is 14.7. The number of nitrogens with zero attached hydrogens (tertiary/aromatic N) is 2. The summed E-state index contributed by atoms with van der Waals surface area (Å²) in [6, 6.07) is 10.7. The monoisotopic (exact) mass is 608 g/mol. The minimum absolute atomic E-state index is 0.208. The second kappa shape index (κ2) is 11.7. The predicted octanol–water partition coefficient (Wildman–Crippen LogP) is 7.59. The van der Waals surface area contributed by atoms with Crippen molar-refractivity contribution in [3.05, 3.63) is 84.1 Å². The van der Waals surface area contributed by atoms with Crippen LogP contribution in [0.25, 0.3) is 11.1 Å². The van der Waals surface area contributed by atoms with Crippen molar-refractivity contribution in [3.8, 4) is 11.1 Å². The van der Waals surface area contributed by atoms with E-state index in [0.29, 0.717) is 44.9 Å². The fourth-order valence-electron chi connectivity index (χ4n) is 3.58. The molecule has 3 aromatic carbocycles. The zero-order chi connectivity index (χ0) is 29.9. The van der Waals surface area contributed by atoms with Crippen molar-refractivity contribution in [2.75, 3.05) is 28.5 Å². The average Bonchev–Trinajstić information content (AvgIpc) is 2.90. The number of halogens is 5. The van der Waals surface area contributed by atoms with Crippen molar-refractivity contribution in [1.29, 1.82) is 4.78 Å². The second-order valence-corrected chi connectivity index (χ2v) is 11.5. The van der Waals surface area contributed by atoms with Crippen molar-refractivity contribution in [3.63, 3.8) is 0 Å². The van der Waals surface area contributed by atoms with Crippen molar-refractivity contribution in [2.24, 2.45) is 0 Å². The molecular weight excluding hydrogens is 587 g/mol. The fourth-order valence-corrected chi connectivity index (χ4v) is 4.84. The lowest BCUT2D eigenvalue weighted by atomic mass is 10.1. The minimum atomic E-state index is -4.75. The quantitative estimate of drug-likeness (QED) is 0.0975. The Kier molecular flexibility index (Phi) is 8.49. The maximum atomic E-state index is 14.9. The lowest BCUT2D eigenvalue weighted by Crippen LogP contribution is -2.21. The van der Waals surface area contributed by atoms with E-state index in [2.05, 4.69) is 20.6 Å². The minimum Gasteiger partial charge on any atom is -0.324 e. The lowest BCUT2D eigenvalue weighted by Gasteiger charge is -2.13. The summed E-state index contributed by atoms with van der Waals surface area (Å²) in [6.07, 6.45) is -0.217. The summed E-state index contributed by atoms with van der Waals surface area (Å²) in [7, 11) is -2.92. The Morgan fingerprint density at radius 1 is 0.976 bits per heavy atom. The van der Waals surface area contributed by atoms with Crippen LogP contribution in [-0.4, -0.2) is 32.7 Å². The van der Waals surface area contributed by atoms with Gasteiger partial charge in [0.2, 0.25) is 5.95 Å². The van der Waals surface area contributed by atoms with Crippen LogP contribution in [-0.2, 0) is 15.9 Å². The number of urea groups is 1. The van der Waals surface area contributed by atoms with E-state index < -0.39 is 44.8 Å². The van der Waals surface area contributed by atoms with Gasteiger partial charge in [0, 0.05) is 28.6 Å². The first kappa shape index (κ1) is 29.7. The number of hydrogen-bond donors (Lipinski definition) is 4. The van der Waals surface area contributed by atoms with Gasteiger partial charge in [-0.3, -0.25) is 0 Å². The fraction of sp³-hybridized carbons (Fsp3) is 0.115. The highest BCUT2D eigenvalue weighted by atomic mass is 32.2. The summed E-state index contributed by atoms with van der Waals surface area (Å²) in [5, 5.41) is 7.57. The third kappa shape index (κ3) is 7.29. The van der Waals surface area contributed by atoms with E-state index in [0.717, 1.165) is 6.07 Å². The van der Waals surface area contributed by atoms with Crippen molar-refractivity contribution in [2.45, 2.75) is 16.1 Å². The van der Waals surface area contributed by atoms with Crippen LogP contribution in [0.5, 0.6) is 0 Å². The van der Waals surface area contributed by atoms with Gasteiger partial charge in [-0.2, -0.15) is 13.2 Å².